The van der Waals surface area contributed by atoms with Crippen molar-refractivity contribution in [2.45, 2.75) is 0 Å². The van der Waals surface area contributed by atoms with Crippen molar-refractivity contribution in [3.8, 4) is 91.0 Å². The lowest BCUT2D eigenvalue weighted by molar-refractivity contribution is 0.483. The molecule has 0 N–H and O–H groups in total. The molecule has 0 aliphatic heterocycles. The highest BCUT2D eigenvalue weighted by atomic mass is 16.5. The Morgan fingerprint density at radius 2 is 0.491 bits per heavy atom. The molecule has 0 unspecified atom stereocenters. The molecule has 0 radical (unpaired) electrons. The van der Waals surface area contributed by atoms with Crippen molar-refractivity contribution in [2.75, 3.05) is 0 Å². The molecule has 0 fully saturated rings. The lowest BCUT2D eigenvalue weighted by Crippen LogP contribution is -2.00. The Balaban J connectivity index is 1.06. The zero-order valence-electron chi connectivity index (χ0n) is 29.6. The quantitative estimate of drug-likeness (QED) is 0.147. The first-order valence-electron chi connectivity index (χ1n) is 17.9. The maximum atomic E-state index is 6.48. The van der Waals surface area contributed by atoms with E-state index in [2.05, 4.69) is 24.3 Å². The molecule has 55 heavy (non-hydrogen) atoms. The van der Waals surface area contributed by atoms with Crippen molar-refractivity contribution in [2.24, 2.45) is 0 Å². The topological polar surface area (TPSA) is 86.6 Å². The Labute approximate surface area is 318 Å². The van der Waals surface area contributed by atoms with Gasteiger partial charge in [-0.15, -0.1) is 0 Å². The highest BCUT2D eigenvalue weighted by Crippen LogP contribution is 2.32. The summed E-state index contributed by atoms with van der Waals surface area (Å²) >= 11 is 0. The van der Waals surface area contributed by atoms with Crippen molar-refractivity contribution >= 4 is 0 Å². The Morgan fingerprint density at radius 3 is 0.873 bits per heavy atom. The van der Waals surface area contributed by atoms with Crippen molar-refractivity contribution in [3.63, 3.8) is 0 Å². The van der Waals surface area contributed by atoms with Gasteiger partial charge in [-0.2, -0.15) is 0 Å². The SMILES string of the molecule is c1ccc(-c2cccc(-c3nc(-c4ccccc4)nc(-c4cccc(Oc5cccc(-c6nc(-c7ccccc7)nc(-c7ccccc7)n6)c5)c4)n3)c2)cc1. The molecule has 0 saturated carbocycles. The zero-order chi connectivity index (χ0) is 36.8. The van der Waals surface area contributed by atoms with E-state index >= 15 is 0 Å². The molecule has 260 valence electrons. The van der Waals surface area contributed by atoms with E-state index < -0.39 is 0 Å². The van der Waals surface area contributed by atoms with E-state index in [1.165, 1.54) is 0 Å². The second kappa shape index (κ2) is 15.1. The first-order valence-corrected chi connectivity index (χ1v) is 17.9. The van der Waals surface area contributed by atoms with Gasteiger partial charge in [0.1, 0.15) is 11.5 Å². The Bertz CT molecular complexity index is 2670. The van der Waals surface area contributed by atoms with Crippen LogP contribution >= 0.6 is 0 Å². The minimum absolute atomic E-state index is 0.542. The molecule has 0 saturated heterocycles. The van der Waals surface area contributed by atoms with Crippen LogP contribution in [-0.4, -0.2) is 29.9 Å². The number of aromatic nitrogens is 6. The van der Waals surface area contributed by atoms with E-state index in [4.69, 9.17) is 34.6 Å². The van der Waals surface area contributed by atoms with Crippen LogP contribution in [0, 0.1) is 0 Å². The zero-order valence-corrected chi connectivity index (χ0v) is 29.6. The fourth-order valence-electron chi connectivity index (χ4n) is 6.29. The molecular weight excluding hydrogens is 677 g/mol. The van der Waals surface area contributed by atoms with Gasteiger partial charge in [0.25, 0.3) is 0 Å². The fraction of sp³-hybridized carbons (Fsp3) is 0. The summed E-state index contributed by atoms with van der Waals surface area (Å²) in [5.74, 6) is 4.74. The summed E-state index contributed by atoms with van der Waals surface area (Å²) in [6, 6.07) is 64.0. The summed E-state index contributed by atoms with van der Waals surface area (Å²) < 4.78 is 6.48. The van der Waals surface area contributed by atoms with Crippen molar-refractivity contribution in [3.05, 3.63) is 194 Å². The van der Waals surface area contributed by atoms with Gasteiger partial charge in [0, 0.05) is 33.4 Å². The highest BCUT2D eigenvalue weighted by Gasteiger charge is 2.15. The fourth-order valence-corrected chi connectivity index (χ4v) is 6.29. The molecule has 2 aromatic heterocycles. The molecule has 9 aromatic rings. The van der Waals surface area contributed by atoms with Crippen LogP contribution in [0.1, 0.15) is 0 Å². The first-order chi connectivity index (χ1) is 27.2. The number of ether oxygens (including phenoxy) is 1. The molecule has 0 spiro atoms. The molecule has 9 rings (SSSR count). The number of hydrogen-bond donors (Lipinski definition) is 0. The molecule has 0 atom stereocenters. The number of rotatable bonds is 9. The summed E-state index contributed by atoms with van der Waals surface area (Å²) in [6.07, 6.45) is 0. The number of benzene rings is 7. The van der Waals surface area contributed by atoms with E-state index in [9.17, 15) is 0 Å². The maximum Gasteiger partial charge on any atom is 0.164 e. The van der Waals surface area contributed by atoms with E-state index in [1.54, 1.807) is 0 Å². The van der Waals surface area contributed by atoms with Gasteiger partial charge in [-0.05, 0) is 41.5 Å². The Kier molecular flexibility index (Phi) is 9.15. The van der Waals surface area contributed by atoms with Crippen LogP contribution in [0.25, 0.3) is 79.5 Å². The third-order valence-corrected chi connectivity index (χ3v) is 9.01. The third kappa shape index (κ3) is 7.49. The van der Waals surface area contributed by atoms with Crippen molar-refractivity contribution in [1.82, 2.24) is 29.9 Å². The van der Waals surface area contributed by atoms with Gasteiger partial charge in [0.15, 0.2) is 34.9 Å². The monoisotopic (exact) mass is 708 g/mol. The van der Waals surface area contributed by atoms with Crippen LogP contribution in [0.4, 0.5) is 0 Å². The van der Waals surface area contributed by atoms with E-state index in [1.807, 2.05) is 170 Å². The average Bonchev–Trinajstić information content (AvgIpc) is 3.27. The van der Waals surface area contributed by atoms with E-state index in [-0.39, 0.29) is 0 Å². The second-order valence-electron chi connectivity index (χ2n) is 12.8. The van der Waals surface area contributed by atoms with Crippen LogP contribution < -0.4 is 4.74 Å². The predicted molar refractivity (Wildman–Crippen MR) is 218 cm³/mol. The van der Waals surface area contributed by atoms with Gasteiger partial charge < -0.3 is 4.74 Å². The molecule has 7 nitrogen and oxygen atoms in total. The van der Waals surface area contributed by atoms with Gasteiger partial charge >= 0.3 is 0 Å². The van der Waals surface area contributed by atoms with Crippen molar-refractivity contribution < 1.29 is 4.74 Å². The average molecular weight is 709 g/mol. The maximum absolute atomic E-state index is 6.48. The summed E-state index contributed by atoms with van der Waals surface area (Å²) in [5.41, 5.74) is 7.43. The molecule has 0 bridgehead atoms. The van der Waals surface area contributed by atoms with Gasteiger partial charge in [-0.1, -0.05) is 164 Å². The van der Waals surface area contributed by atoms with Crippen LogP contribution in [0.5, 0.6) is 11.5 Å². The van der Waals surface area contributed by atoms with Gasteiger partial charge in [-0.25, -0.2) is 29.9 Å². The molecule has 0 aliphatic rings. The molecule has 0 aliphatic carbocycles. The van der Waals surface area contributed by atoms with Crippen LogP contribution in [-0.2, 0) is 0 Å². The predicted octanol–water partition coefficient (Wildman–Crippen LogP) is 11.5. The molecule has 0 amide bonds. The normalized spacial score (nSPS) is 10.9. The van der Waals surface area contributed by atoms with E-state index in [0.717, 1.165) is 44.5 Å². The lowest BCUT2D eigenvalue weighted by Gasteiger charge is -2.12. The second-order valence-corrected chi connectivity index (χ2v) is 12.8. The van der Waals surface area contributed by atoms with Crippen LogP contribution in [0.15, 0.2) is 194 Å². The largest absolute Gasteiger partial charge is 0.457 e. The Hall–Kier alpha value is -7.64. The lowest BCUT2D eigenvalue weighted by atomic mass is 10.0. The van der Waals surface area contributed by atoms with Crippen molar-refractivity contribution in [1.29, 1.82) is 0 Å². The molecule has 7 heteroatoms. The van der Waals surface area contributed by atoms with Gasteiger partial charge in [-0.3, -0.25) is 0 Å². The standard InChI is InChI=1S/C48H32N6O/c1-5-16-33(17-6-1)37-24-13-25-38(30-37)46-50-45(36-22-11-4-12-23-36)53-48(54-46)40-27-15-29-42(32-40)55-41-28-14-26-39(31-41)47-51-43(34-18-7-2-8-19-34)49-44(52-47)35-20-9-3-10-21-35/h1-32H. The minimum Gasteiger partial charge on any atom is -0.457 e. The number of nitrogens with zero attached hydrogens (tertiary/aromatic N) is 6. The summed E-state index contributed by atoms with van der Waals surface area (Å²) in [5, 5.41) is 0. The smallest absolute Gasteiger partial charge is 0.164 e. The molecule has 2 heterocycles. The Morgan fingerprint density at radius 1 is 0.218 bits per heavy atom. The summed E-state index contributed by atoms with van der Waals surface area (Å²) in [6.45, 7) is 0. The van der Waals surface area contributed by atoms with Gasteiger partial charge in [0.2, 0.25) is 0 Å². The van der Waals surface area contributed by atoms with Crippen LogP contribution in [0.3, 0.4) is 0 Å². The first kappa shape index (κ1) is 33.2. The van der Waals surface area contributed by atoms with Gasteiger partial charge in [0.05, 0.1) is 0 Å². The highest BCUT2D eigenvalue weighted by molar-refractivity contribution is 5.73. The summed E-state index contributed by atoms with van der Waals surface area (Å²) in [4.78, 5) is 29.5. The van der Waals surface area contributed by atoms with Crippen LogP contribution in [0.2, 0.25) is 0 Å². The third-order valence-electron chi connectivity index (χ3n) is 9.01. The van der Waals surface area contributed by atoms with E-state index in [0.29, 0.717) is 46.4 Å². The minimum atomic E-state index is 0.542. The molecular formula is C48H32N6O. The summed E-state index contributed by atoms with van der Waals surface area (Å²) in [7, 11) is 0. The molecule has 7 aromatic carbocycles. The number of hydrogen-bond acceptors (Lipinski definition) is 7.